The first-order valence-corrected chi connectivity index (χ1v) is 8.06. The first-order chi connectivity index (χ1) is 12.1. The Morgan fingerprint density at radius 1 is 1.20 bits per heavy atom. The number of nitrogens with one attached hydrogen (secondary N) is 1. The van der Waals surface area contributed by atoms with Crippen molar-refractivity contribution in [1.82, 2.24) is 29.9 Å². The van der Waals surface area contributed by atoms with Gasteiger partial charge in [0.1, 0.15) is 12.7 Å². The number of amides is 1. The number of para-hydroxylation sites is 1. The molecule has 1 N–H and O–H groups in total. The molecule has 3 rings (SSSR count). The van der Waals surface area contributed by atoms with Crippen molar-refractivity contribution in [3.63, 3.8) is 0 Å². The fourth-order valence-electron chi connectivity index (χ4n) is 2.37. The average molecular weight is 336 g/mol. The second-order valence-corrected chi connectivity index (χ2v) is 5.80. The molecule has 0 bridgehead atoms. The molecule has 2 aromatic heterocycles. The van der Waals surface area contributed by atoms with Gasteiger partial charge < -0.3 is 5.32 Å². The summed E-state index contributed by atoms with van der Waals surface area (Å²) in [5, 5.41) is 11.3. The van der Waals surface area contributed by atoms with E-state index >= 15 is 0 Å². The second kappa shape index (κ2) is 7.57. The van der Waals surface area contributed by atoms with E-state index in [-0.39, 0.29) is 18.0 Å². The first kappa shape index (κ1) is 16.6. The Kier molecular flexibility index (Phi) is 5.03. The number of hydrogen-bond donors (Lipinski definition) is 1. The SMILES string of the molecule is C[C@H](NC(=O)/C=C\c1cnn(-c2ccccc2)c1)[C@H](C)n1cncn1. The van der Waals surface area contributed by atoms with Crippen molar-refractivity contribution in [3.05, 3.63) is 67.0 Å². The zero-order valence-corrected chi connectivity index (χ0v) is 14.1. The van der Waals surface area contributed by atoms with Crippen LogP contribution in [0.25, 0.3) is 11.8 Å². The average Bonchev–Trinajstić information content (AvgIpc) is 3.32. The molecule has 7 heteroatoms. The van der Waals surface area contributed by atoms with Crippen LogP contribution in [-0.4, -0.2) is 36.5 Å². The van der Waals surface area contributed by atoms with E-state index in [9.17, 15) is 4.79 Å². The van der Waals surface area contributed by atoms with Gasteiger partial charge in [-0.2, -0.15) is 10.2 Å². The van der Waals surface area contributed by atoms with Gasteiger partial charge >= 0.3 is 0 Å². The number of carbonyl (C=O) groups is 1. The van der Waals surface area contributed by atoms with E-state index in [1.165, 1.54) is 12.4 Å². The molecule has 3 aromatic rings. The van der Waals surface area contributed by atoms with Gasteiger partial charge in [-0.15, -0.1) is 0 Å². The number of aromatic nitrogens is 5. The van der Waals surface area contributed by atoms with Crippen LogP contribution < -0.4 is 5.32 Å². The highest BCUT2D eigenvalue weighted by Gasteiger charge is 2.15. The molecule has 0 aliphatic carbocycles. The molecule has 0 saturated carbocycles. The minimum absolute atomic E-state index is 0.0145. The van der Waals surface area contributed by atoms with Gasteiger partial charge in [0, 0.05) is 23.9 Å². The fraction of sp³-hybridized carbons (Fsp3) is 0.222. The summed E-state index contributed by atoms with van der Waals surface area (Å²) < 4.78 is 3.49. The Morgan fingerprint density at radius 2 is 2.00 bits per heavy atom. The molecule has 0 fully saturated rings. The van der Waals surface area contributed by atoms with Crippen molar-refractivity contribution in [2.45, 2.75) is 25.9 Å². The number of carbonyl (C=O) groups excluding carboxylic acids is 1. The third-order valence-corrected chi connectivity index (χ3v) is 4.00. The maximum Gasteiger partial charge on any atom is 0.244 e. The molecule has 0 aliphatic heterocycles. The predicted octanol–water partition coefficient (Wildman–Crippen LogP) is 2.24. The van der Waals surface area contributed by atoms with Gasteiger partial charge in [0.2, 0.25) is 5.91 Å². The Hall–Kier alpha value is -3.22. The molecule has 25 heavy (non-hydrogen) atoms. The maximum atomic E-state index is 12.1. The summed E-state index contributed by atoms with van der Waals surface area (Å²) in [6, 6.07) is 9.75. The van der Waals surface area contributed by atoms with Crippen LogP contribution in [0.1, 0.15) is 25.5 Å². The van der Waals surface area contributed by atoms with Gasteiger partial charge in [-0.05, 0) is 32.1 Å². The maximum absolute atomic E-state index is 12.1. The number of rotatable bonds is 6. The molecule has 2 heterocycles. The standard InChI is InChI=1S/C18H20N6O/c1-14(15(2)24-13-19-12-21-24)22-18(25)9-8-16-10-20-23(11-16)17-6-4-3-5-7-17/h3-15H,1-2H3,(H,22,25)/b9-8-/t14-,15-/m0/s1. The van der Waals surface area contributed by atoms with E-state index in [1.54, 1.807) is 28.0 Å². The third kappa shape index (κ3) is 4.20. The van der Waals surface area contributed by atoms with Crippen molar-refractivity contribution >= 4 is 12.0 Å². The van der Waals surface area contributed by atoms with Crippen molar-refractivity contribution in [3.8, 4) is 5.69 Å². The lowest BCUT2D eigenvalue weighted by Crippen LogP contribution is -2.37. The number of hydrogen-bond acceptors (Lipinski definition) is 4. The second-order valence-electron chi connectivity index (χ2n) is 5.80. The summed E-state index contributed by atoms with van der Waals surface area (Å²) in [4.78, 5) is 16.0. The van der Waals surface area contributed by atoms with Crippen LogP contribution in [0.5, 0.6) is 0 Å². The van der Waals surface area contributed by atoms with E-state index in [4.69, 9.17) is 0 Å². The monoisotopic (exact) mass is 336 g/mol. The van der Waals surface area contributed by atoms with Crippen LogP contribution in [0.15, 0.2) is 61.5 Å². The lowest BCUT2D eigenvalue weighted by Gasteiger charge is -2.20. The predicted molar refractivity (Wildman–Crippen MR) is 94.9 cm³/mol. The molecule has 0 unspecified atom stereocenters. The Morgan fingerprint density at radius 3 is 2.72 bits per heavy atom. The molecular formula is C18H20N6O. The number of nitrogens with zero attached hydrogens (tertiary/aromatic N) is 5. The molecule has 2 atom stereocenters. The highest BCUT2D eigenvalue weighted by molar-refractivity contribution is 5.91. The summed E-state index contributed by atoms with van der Waals surface area (Å²) in [5.74, 6) is -0.160. The minimum atomic E-state index is -0.160. The van der Waals surface area contributed by atoms with E-state index in [0.717, 1.165) is 11.3 Å². The normalized spacial score (nSPS) is 13.7. The van der Waals surface area contributed by atoms with Gasteiger partial charge in [0.25, 0.3) is 0 Å². The smallest absolute Gasteiger partial charge is 0.244 e. The fourth-order valence-corrected chi connectivity index (χ4v) is 2.37. The van der Waals surface area contributed by atoms with Crippen LogP contribution >= 0.6 is 0 Å². The molecule has 0 radical (unpaired) electrons. The summed E-state index contributed by atoms with van der Waals surface area (Å²) in [6.45, 7) is 3.92. The van der Waals surface area contributed by atoms with Crippen LogP contribution in [0.3, 0.4) is 0 Å². The summed E-state index contributed by atoms with van der Waals surface area (Å²) in [7, 11) is 0. The van der Waals surface area contributed by atoms with Crippen molar-refractivity contribution in [2.24, 2.45) is 0 Å². The molecular weight excluding hydrogens is 316 g/mol. The van der Waals surface area contributed by atoms with Crippen molar-refractivity contribution in [2.75, 3.05) is 0 Å². The lowest BCUT2D eigenvalue weighted by atomic mass is 10.1. The van der Waals surface area contributed by atoms with Gasteiger partial charge in [-0.3, -0.25) is 4.79 Å². The molecule has 0 spiro atoms. The van der Waals surface area contributed by atoms with Crippen molar-refractivity contribution < 1.29 is 4.79 Å². The summed E-state index contributed by atoms with van der Waals surface area (Å²) in [6.07, 6.45) is 9.97. The highest BCUT2D eigenvalue weighted by atomic mass is 16.1. The lowest BCUT2D eigenvalue weighted by molar-refractivity contribution is -0.117. The van der Waals surface area contributed by atoms with Crippen LogP contribution in [-0.2, 0) is 4.79 Å². The quantitative estimate of drug-likeness (QED) is 0.700. The molecule has 1 amide bonds. The molecule has 0 saturated heterocycles. The minimum Gasteiger partial charge on any atom is -0.348 e. The Labute approximate surface area is 146 Å². The molecule has 128 valence electrons. The summed E-state index contributed by atoms with van der Waals surface area (Å²) >= 11 is 0. The Balaban J connectivity index is 1.58. The molecule has 1 aromatic carbocycles. The van der Waals surface area contributed by atoms with Crippen LogP contribution in [0.2, 0.25) is 0 Å². The largest absolute Gasteiger partial charge is 0.348 e. The zero-order valence-electron chi connectivity index (χ0n) is 14.1. The topological polar surface area (TPSA) is 77.6 Å². The van der Waals surface area contributed by atoms with E-state index in [1.807, 2.05) is 50.4 Å². The van der Waals surface area contributed by atoms with Crippen molar-refractivity contribution in [1.29, 1.82) is 0 Å². The van der Waals surface area contributed by atoms with E-state index in [0.29, 0.717) is 0 Å². The van der Waals surface area contributed by atoms with E-state index < -0.39 is 0 Å². The van der Waals surface area contributed by atoms with Crippen LogP contribution in [0.4, 0.5) is 0 Å². The van der Waals surface area contributed by atoms with Gasteiger partial charge in [0.05, 0.1) is 17.9 Å². The number of benzene rings is 1. The van der Waals surface area contributed by atoms with Gasteiger partial charge in [0.15, 0.2) is 0 Å². The highest BCUT2D eigenvalue weighted by Crippen LogP contribution is 2.10. The van der Waals surface area contributed by atoms with Crippen LogP contribution in [0, 0.1) is 0 Å². The third-order valence-electron chi connectivity index (χ3n) is 4.00. The first-order valence-electron chi connectivity index (χ1n) is 8.06. The Bertz CT molecular complexity index is 838. The molecule has 7 nitrogen and oxygen atoms in total. The van der Waals surface area contributed by atoms with Gasteiger partial charge in [-0.1, -0.05) is 18.2 Å². The molecule has 0 aliphatic rings. The summed E-state index contributed by atoms with van der Waals surface area (Å²) in [5.41, 5.74) is 1.83. The van der Waals surface area contributed by atoms with E-state index in [2.05, 4.69) is 20.5 Å². The van der Waals surface area contributed by atoms with Gasteiger partial charge in [-0.25, -0.2) is 14.3 Å². The zero-order chi connectivity index (χ0) is 17.6.